The molecule has 354 valence electrons. The quantitative estimate of drug-likeness (QED) is 0.173. The van der Waals surface area contributed by atoms with Gasteiger partial charge in [0.25, 0.3) is 0 Å². The normalized spacial score (nSPS) is 16.9. The summed E-state index contributed by atoms with van der Waals surface area (Å²) in [5, 5.41) is 12.7. The van der Waals surface area contributed by atoms with E-state index in [2.05, 4.69) is 46.5 Å². The van der Waals surface area contributed by atoms with Gasteiger partial charge >= 0.3 is 0 Å². The summed E-state index contributed by atoms with van der Waals surface area (Å²) in [6, 6.07) is 32.8. The van der Waals surface area contributed by atoms with Gasteiger partial charge in [0.15, 0.2) is 0 Å². The minimum absolute atomic E-state index is 0.00347. The van der Waals surface area contributed by atoms with Gasteiger partial charge in [-0.05, 0) is 146 Å². The van der Waals surface area contributed by atoms with Crippen LogP contribution in [0, 0.1) is 13.8 Å². The van der Waals surface area contributed by atoms with Crippen molar-refractivity contribution in [2.24, 2.45) is 0 Å². The van der Waals surface area contributed by atoms with Gasteiger partial charge in [0.05, 0.1) is 36.2 Å². The fourth-order valence-electron chi connectivity index (χ4n) is 8.97. The Morgan fingerprint density at radius 1 is 0.529 bits per heavy atom. The van der Waals surface area contributed by atoms with E-state index < -0.39 is 102 Å². The largest absolute Gasteiger partial charge is 0.507 e. The number of hydrogen-bond donors (Lipinski definition) is 1. The Labute approximate surface area is 442 Å². The molecule has 0 bridgehead atoms. The highest BCUT2D eigenvalue weighted by molar-refractivity contribution is 5.98. The fraction of sp³-hybridized carbons (Fsp3) is 0.273. The Kier molecular flexibility index (Phi) is 7.74. The summed E-state index contributed by atoms with van der Waals surface area (Å²) in [5.74, 6) is 0.326. The molecule has 2 heterocycles. The molecule has 2 aromatic heterocycles. The van der Waals surface area contributed by atoms with Crippen molar-refractivity contribution in [2.45, 2.75) is 118 Å². The molecule has 4 nitrogen and oxygen atoms in total. The molecule has 9 rings (SSSR count). The molecule has 0 saturated heterocycles. The Balaban J connectivity index is 1.38. The zero-order chi connectivity index (χ0) is 65.3. The van der Waals surface area contributed by atoms with Crippen molar-refractivity contribution >= 4 is 11.0 Å². The molecule has 70 heavy (non-hydrogen) atoms. The molecular weight excluding hydrogens is 851 g/mol. The summed E-state index contributed by atoms with van der Waals surface area (Å²) >= 11 is 0. The van der Waals surface area contributed by atoms with Gasteiger partial charge in [0.2, 0.25) is 0 Å². The van der Waals surface area contributed by atoms with E-state index in [0.29, 0.717) is 61.5 Å². The molecule has 0 unspecified atom stereocenters. The van der Waals surface area contributed by atoms with Crippen molar-refractivity contribution in [3.05, 3.63) is 191 Å². The second kappa shape index (κ2) is 17.7. The molecule has 4 heteroatoms. The van der Waals surface area contributed by atoms with Gasteiger partial charge in [-0.15, -0.1) is 0 Å². The van der Waals surface area contributed by atoms with Crippen molar-refractivity contribution in [1.82, 2.24) is 14.5 Å². The molecule has 9 aromatic rings. The van der Waals surface area contributed by atoms with Crippen molar-refractivity contribution < 1.29 is 29.8 Å². The van der Waals surface area contributed by atoms with E-state index in [0.717, 1.165) is 23.6 Å². The molecular formula is C66H69N3O. The minimum Gasteiger partial charge on any atom is -0.507 e. The number of para-hydroxylation sites is 1. The van der Waals surface area contributed by atoms with E-state index in [1.807, 2.05) is 116 Å². The first kappa shape index (κ1) is 30.5. The lowest BCUT2D eigenvalue weighted by molar-refractivity contribution is 0.446. The molecule has 7 aromatic carbocycles. The maximum Gasteiger partial charge on any atom is 0.149 e. The van der Waals surface area contributed by atoms with Crippen molar-refractivity contribution in [3.63, 3.8) is 0 Å². The first-order valence-electron chi connectivity index (χ1n) is 32.4. The average molecular weight is 938 g/mol. The van der Waals surface area contributed by atoms with Gasteiger partial charge in [0, 0.05) is 44.9 Å². The van der Waals surface area contributed by atoms with Crippen LogP contribution in [0.5, 0.6) is 5.75 Å². The number of imidazole rings is 1. The zero-order valence-electron chi connectivity index (χ0n) is 59.3. The van der Waals surface area contributed by atoms with E-state index in [1.165, 1.54) is 0 Å². The minimum atomic E-state index is -3.83. The lowest BCUT2D eigenvalue weighted by atomic mass is 9.79. The molecule has 0 radical (unpaired) electrons. The molecule has 0 aliphatic rings. The predicted molar refractivity (Wildman–Crippen MR) is 297 cm³/mol. The van der Waals surface area contributed by atoms with E-state index in [-0.39, 0.29) is 28.0 Å². The summed E-state index contributed by atoms with van der Waals surface area (Å²) in [5.41, 5.74) is 0.621. The smallest absolute Gasteiger partial charge is 0.149 e. The van der Waals surface area contributed by atoms with Crippen molar-refractivity contribution in [3.8, 4) is 78.6 Å². The van der Waals surface area contributed by atoms with Gasteiger partial charge < -0.3 is 5.11 Å². The number of fused-ring (bicyclic) bond motifs is 1. The summed E-state index contributed by atoms with van der Waals surface area (Å²) in [6.07, 6.45) is -0.715. The highest BCUT2D eigenvalue weighted by Crippen LogP contribution is 2.46. The summed E-state index contributed by atoms with van der Waals surface area (Å²) in [4.78, 5) is 10.00. The molecule has 0 amide bonds. The lowest BCUT2D eigenvalue weighted by Gasteiger charge is -2.27. The number of rotatable bonds is 7. The van der Waals surface area contributed by atoms with Crippen LogP contribution in [0.2, 0.25) is 0 Å². The fourth-order valence-corrected chi connectivity index (χ4v) is 8.97. The first-order chi connectivity index (χ1) is 40.4. The van der Waals surface area contributed by atoms with Crippen LogP contribution >= 0.6 is 0 Å². The second-order valence-corrected chi connectivity index (χ2v) is 21.3. The third-order valence-corrected chi connectivity index (χ3v) is 12.9. The van der Waals surface area contributed by atoms with Crippen LogP contribution in [-0.2, 0) is 21.7 Å². The van der Waals surface area contributed by atoms with Crippen molar-refractivity contribution in [2.75, 3.05) is 0 Å². The van der Waals surface area contributed by atoms with E-state index in [4.69, 9.17) is 22.8 Å². The summed E-state index contributed by atoms with van der Waals surface area (Å²) < 4.78 is 159. The van der Waals surface area contributed by atoms with Crippen LogP contribution < -0.4 is 0 Å². The average Bonchev–Trinajstić information content (AvgIpc) is 0.867. The number of hydrogen-bond acceptors (Lipinski definition) is 3. The number of aromatic nitrogens is 3. The molecule has 0 aliphatic heterocycles. The Morgan fingerprint density at radius 2 is 1.23 bits per heavy atom. The van der Waals surface area contributed by atoms with Crippen LogP contribution in [0.3, 0.4) is 0 Å². The van der Waals surface area contributed by atoms with Gasteiger partial charge in [-0.1, -0.05) is 185 Å². The SMILES string of the molecule is [2H]c1nc(-c2cc(-c3ccccc3)cc(-c3cccc4c3nc(-c3cc(C(C)(C)C)cc(C(C)(C)C)c3O)n4-c3ccc(C([2H])([2H])[2H])cc3-c3ccc(C(C)(C)C)cc3)c2)c([2H])c(-c2c([2H])c([2H])c(C(C([2H])([2H])[2H])(C([2H])([2H])[2H])C([2H])([2H])[2H])c(C)c2[2H])c1[2H]. The Morgan fingerprint density at radius 3 is 1.91 bits per heavy atom. The maximum atomic E-state index is 12.7. The number of pyridine rings is 1. The number of aromatic hydroxyl groups is 1. The Hall–Kier alpha value is -7.04. The molecule has 0 atom stereocenters. The standard InChI is InChI=1S/C66H69N3O/c1-41-23-30-58(53(33-41)44-24-27-50(28-25-44)63(3,4)5)69-59-22-18-21-52(60(59)68-62(69)54-39-51(64(6,7)8)40-56(61(54)70)66(12,13)14)48-35-47(43-19-16-15-17-20-43)36-49(37-48)57-38-46(31-32-67-57)45-26-29-55(42(2)34-45)65(9,10)11/h15-40,70H,1-14H3/i1D3,9D3,10D3,11D3,26D,29D,31D,32D,34D,38D. The number of phenols is 1. The monoisotopic (exact) mass is 938 g/mol. The number of phenolic OH excluding ortho intramolecular Hbond substituents is 1. The third-order valence-electron chi connectivity index (χ3n) is 12.9. The molecule has 0 aliphatic carbocycles. The van der Waals surface area contributed by atoms with Crippen LogP contribution in [-0.4, -0.2) is 19.6 Å². The zero-order valence-corrected chi connectivity index (χ0v) is 41.3. The van der Waals surface area contributed by atoms with E-state index in [9.17, 15) is 12.0 Å². The molecule has 1 N–H and O–H groups in total. The summed E-state index contributed by atoms with van der Waals surface area (Å²) in [7, 11) is 0. The van der Waals surface area contributed by atoms with Crippen LogP contribution in [0.15, 0.2) is 158 Å². The van der Waals surface area contributed by atoms with E-state index >= 15 is 0 Å². The maximum absolute atomic E-state index is 12.7. The number of aryl methyl sites for hydroxylation is 1. The highest BCUT2D eigenvalue weighted by atomic mass is 16.3. The summed E-state index contributed by atoms with van der Waals surface area (Å²) in [6.45, 7) is 5.72. The Bertz CT molecular complexity index is 4160. The molecule has 0 saturated carbocycles. The first-order valence-corrected chi connectivity index (χ1v) is 23.4. The number of nitrogens with zero attached hydrogens (tertiary/aromatic N) is 3. The van der Waals surface area contributed by atoms with Crippen LogP contribution in [0.1, 0.15) is 141 Å². The highest BCUT2D eigenvalue weighted by Gasteiger charge is 2.30. The van der Waals surface area contributed by atoms with Crippen LogP contribution in [0.4, 0.5) is 0 Å². The lowest BCUT2D eigenvalue weighted by Crippen LogP contribution is -2.17. The third kappa shape index (κ3) is 9.37. The van der Waals surface area contributed by atoms with Gasteiger partial charge in [-0.25, -0.2) is 4.98 Å². The molecule has 0 spiro atoms. The number of benzene rings is 7. The topological polar surface area (TPSA) is 50.9 Å². The van der Waals surface area contributed by atoms with Gasteiger partial charge in [0.1, 0.15) is 11.6 Å². The van der Waals surface area contributed by atoms with E-state index in [1.54, 1.807) is 30.3 Å². The van der Waals surface area contributed by atoms with Gasteiger partial charge in [-0.2, -0.15) is 0 Å². The molecule has 0 fully saturated rings. The van der Waals surface area contributed by atoms with Gasteiger partial charge in [-0.3, -0.25) is 9.55 Å². The predicted octanol–water partition coefficient (Wildman–Crippen LogP) is 17.9. The van der Waals surface area contributed by atoms with Crippen molar-refractivity contribution in [1.29, 1.82) is 0 Å². The van der Waals surface area contributed by atoms with Crippen LogP contribution in [0.25, 0.3) is 83.9 Å². The second-order valence-electron chi connectivity index (χ2n) is 21.3.